The molecule has 90 valence electrons. The molecule has 0 aliphatic rings. The van der Waals surface area contributed by atoms with Crippen LogP contribution in [-0.2, 0) is 4.79 Å². The van der Waals surface area contributed by atoms with Crippen LogP contribution in [0.25, 0.3) is 0 Å². The fourth-order valence-corrected chi connectivity index (χ4v) is 1.21. The summed E-state index contributed by atoms with van der Waals surface area (Å²) in [6, 6.07) is -0.290. The van der Waals surface area contributed by atoms with E-state index >= 15 is 0 Å². The first-order chi connectivity index (χ1) is 7.40. The van der Waals surface area contributed by atoms with E-state index in [2.05, 4.69) is 5.92 Å². The molecule has 5 nitrogen and oxygen atoms in total. The molecule has 0 fully saturated rings. The van der Waals surface area contributed by atoms with Crippen LogP contribution in [-0.4, -0.2) is 53.1 Å². The standard InChI is InChI=1S/C11H18N2O3/c1-5-7-12(4)11(16)13(9(2)3)8-6-10(14)15/h1,9H,6-8H2,2-4H3,(H,14,15). The van der Waals surface area contributed by atoms with Crippen molar-refractivity contribution < 1.29 is 14.7 Å². The van der Waals surface area contributed by atoms with Gasteiger partial charge in [0.1, 0.15) is 0 Å². The lowest BCUT2D eigenvalue weighted by Crippen LogP contribution is -2.45. The van der Waals surface area contributed by atoms with E-state index in [0.29, 0.717) is 0 Å². The van der Waals surface area contributed by atoms with Crippen molar-refractivity contribution in [2.24, 2.45) is 0 Å². The van der Waals surface area contributed by atoms with E-state index in [1.54, 1.807) is 7.05 Å². The molecule has 0 radical (unpaired) electrons. The number of hydrogen-bond donors (Lipinski definition) is 1. The van der Waals surface area contributed by atoms with Crippen LogP contribution in [0.5, 0.6) is 0 Å². The fourth-order valence-electron chi connectivity index (χ4n) is 1.21. The molecule has 0 bridgehead atoms. The van der Waals surface area contributed by atoms with Crippen molar-refractivity contribution in [3.63, 3.8) is 0 Å². The Bertz CT molecular complexity index is 294. The first-order valence-corrected chi connectivity index (χ1v) is 5.07. The molecule has 16 heavy (non-hydrogen) atoms. The summed E-state index contributed by atoms with van der Waals surface area (Å²) in [5.74, 6) is 1.45. The monoisotopic (exact) mass is 226 g/mol. The van der Waals surface area contributed by atoms with Gasteiger partial charge < -0.3 is 14.9 Å². The normalized spacial score (nSPS) is 9.69. The van der Waals surface area contributed by atoms with E-state index in [0.717, 1.165) is 0 Å². The summed E-state index contributed by atoms with van der Waals surface area (Å²) < 4.78 is 0. The maximum Gasteiger partial charge on any atom is 0.320 e. The summed E-state index contributed by atoms with van der Waals surface area (Å²) in [6.07, 6.45) is 5.05. The Balaban J connectivity index is 4.47. The number of nitrogens with zero attached hydrogens (tertiary/aromatic N) is 2. The first-order valence-electron chi connectivity index (χ1n) is 5.07. The smallest absolute Gasteiger partial charge is 0.320 e. The number of carboxylic acid groups (broad SMARTS) is 1. The molecule has 0 unspecified atom stereocenters. The van der Waals surface area contributed by atoms with Crippen molar-refractivity contribution >= 4 is 12.0 Å². The van der Waals surface area contributed by atoms with Gasteiger partial charge in [-0.05, 0) is 13.8 Å². The zero-order chi connectivity index (χ0) is 12.7. The number of urea groups is 1. The first kappa shape index (κ1) is 14.3. The SMILES string of the molecule is C#CCN(C)C(=O)N(CCC(=O)O)C(C)C. The molecule has 0 saturated carbocycles. The molecule has 2 amide bonds. The predicted octanol–water partition coefficient (Wildman–Crippen LogP) is 0.857. The molecule has 0 aromatic carbocycles. The Hall–Kier alpha value is -1.70. The van der Waals surface area contributed by atoms with Crippen molar-refractivity contribution in [3.8, 4) is 12.3 Å². The van der Waals surface area contributed by atoms with Gasteiger partial charge in [0.25, 0.3) is 0 Å². The van der Waals surface area contributed by atoms with Crippen LogP contribution >= 0.6 is 0 Å². The molecule has 0 saturated heterocycles. The molecule has 0 aromatic rings. The van der Waals surface area contributed by atoms with E-state index in [9.17, 15) is 9.59 Å². The van der Waals surface area contributed by atoms with Gasteiger partial charge in [0.2, 0.25) is 0 Å². The van der Waals surface area contributed by atoms with E-state index in [4.69, 9.17) is 11.5 Å². The van der Waals surface area contributed by atoms with Crippen molar-refractivity contribution in [3.05, 3.63) is 0 Å². The van der Waals surface area contributed by atoms with Crippen LogP contribution in [0.1, 0.15) is 20.3 Å². The number of terminal acetylenes is 1. The second-order valence-electron chi connectivity index (χ2n) is 3.77. The lowest BCUT2D eigenvalue weighted by molar-refractivity contribution is -0.137. The summed E-state index contributed by atoms with van der Waals surface area (Å²) in [7, 11) is 1.60. The van der Waals surface area contributed by atoms with Crippen LogP contribution in [0.4, 0.5) is 4.79 Å². The van der Waals surface area contributed by atoms with Crippen molar-refractivity contribution in [1.82, 2.24) is 9.80 Å². The van der Waals surface area contributed by atoms with Gasteiger partial charge in [-0.1, -0.05) is 5.92 Å². The third kappa shape index (κ3) is 4.69. The third-order valence-electron chi connectivity index (χ3n) is 2.09. The topological polar surface area (TPSA) is 60.9 Å². The Morgan fingerprint density at radius 1 is 1.44 bits per heavy atom. The average molecular weight is 226 g/mol. The molecule has 1 N–H and O–H groups in total. The highest BCUT2D eigenvalue weighted by atomic mass is 16.4. The van der Waals surface area contributed by atoms with Crippen LogP contribution in [0.3, 0.4) is 0 Å². The molecule has 0 spiro atoms. The molecule has 0 aliphatic carbocycles. The predicted molar refractivity (Wildman–Crippen MR) is 61.0 cm³/mol. The second-order valence-corrected chi connectivity index (χ2v) is 3.77. The summed E-state index contributed by atoms with van der Waals surface area (Å²) in [6.45, 7) is 4.09. The molecule has 0 rings (SSSR count). The minimum Gasteiger partial charge on any atom is -0.481 e. The minimum atomic E-state index is -0.918. The highest BCUT2D eigenvalue weighted by Gasteiger charge is 2.20. The zero-order valence-corrected chi connectivity index (χ0v) is 9.93. The molecule has 5 heteroatoms. The van der Waals surface area contributed by atoms with Gasteiger partial charge in [0.15, 0.2) is 0 Å². The quantitative estimate of drug-likeness (QED) is 0.707. The van der Waals surface area contributed by atoms with Gasteiger partial charge in [-0.2, -0.15) is 0 Å². The van der Waals surface area contributed by atoms with E-state index in [1.807, 2.05) is 13.8 Å². The fraction of sp³-hybridized carbons (Fsp3) is 0.636. The maximum atomic E-state index is 11.9. The number of rotatable bonds is 5. The number of carboxylic acids is 1. The Morgan fingerprint density at radius 2 is 2.00 bits per heavy atom. The number of hydrogen-bond acceptors (Lipinski definition) is 2. The average Bonchev–Trinajstić information content (AvgIpc) is 2.17. The summed E-state index contributed by atoms with van der Waals surface area (Å²) in [4.78, 5) is 25.2. The molecular formula is C11H18N2O3. The van der Waals surface area contributed by atoms with E-state index < -0.39 is 5.97 Å². The van der Waals surface area contributed by atoms with Gasteiger partial charge in [-0.15, -0.1) is 6.42 Å². The summed E-state index contributed by atoms with van der Waals surface area (Å²) in [5, 5.41) is 8.58. The van der Waals surface area contributed by atoms with Crippen molar-refractivity contribution in [2.75, 3.05) is 20.1 Å². The Morgan fingerprint density at radius 3 is 2.38 bits per heavy atom. The van der Waals surface area contributed by atoms with Gasteiger partial charge in [0, 0.05) is 19.6 Å². The zero-order valence-electron chi connectivity index (χ0n) is 9.93. The maximum absolute atomic E-state index is 11.9. The Kier molecular flexibility index (Phi) is 6.01. The number of carbonyl (C=O) groups is 2. The summed E-state index contributed by atoms with van der Waals surface area (Å²) in [5.41, 5.74) is 0. The molecule has 0 aliphatic heterocycles. The van der Waals surface area contributed by atoms with E-state index in [-0.39, 0.29) is 31.6 Å². The highest BCUT2D eigenvalue weighted by molar-refractivity contribution is 5.75. The van der Waals surface area contributed by atoms with Crippen LogP contribution in [0.15, 0.2) is 0 Å². The van der Waals surface area contributed by atoms with Crippen LogP contribution < -0.4 is 0 Å². The largest absolute Gasteiger partial charge is 0.481 e. The van der Waals surface area contributed by atoms with Crippen LogP contribution in [0, 0.1) is 12.3 Å². The van der Waals surface area contributed by atoms with Gasteiger partial charge in [-0.3, -0.25) is 4.79 Å². The third-order valence-corrected chi connectivity index (χ3v) is 2.09. The Labute approximate surface area is 96.0 Å². The molecular weight excluding hydrogens is 208 g/mol. The second kappa shape index (κ2) is 6.72. The van der Waals surface area contributed by atoms with Crippen molar-refractivity contribution in [1.29, 1.82) is 0 Å². The van der Waals surface area contributed by atoms with Crippen LogP contribution in [0.2, 0.25) is 0 Å². The lowest BCUT2D eigenvalue weighted by Gasteiger charge is -2.30. The lowest BCUT2D eigenvalue weighted by atomic mass is 10.3. The highest BCUT2D eigenvalue weighted by Crippen LogP contribution is 2.04. The van der Waals surface area contributed by atoms with Gasteiger partial charge >= 0.3 is 12.0 Å². The van der Waals surface area contributed by atoms with Gasteiger partial charge in [0.05, 0.1) is 13.0 Å². The van der Waals surface area contributed by atoms with Gasteiger partial charge in [-0.25, -0.2) is 4.79 Å². The summed E-state index contributed by atoms with van der Waals surface area (Å²) >= 11 is 0. The molecule has 0 atom stereocenters. The molecule has 0 aromatic heterocycles. The van der Waals surface area contributed by atoms with E-state index in [1.165, 1.54) is 9.80 Å². The minimum absolute atomic E-state index is 0.0490. The number of carbonyl (C=O) groups excluding carboxylic acids is 1. The number of amides is 2. The van der Waals surface area contributed by atoms with Crippen molar-refractivity contribution in [2.45, 2.75) is 26.3 Å². The number of aliphatic carboxylic acids is 1. The molecule has 0 heterocycles.